The second kappa shape index (κ2) is 5.01. The normalized spacial score (nSPS) is 28.9. The van der Waals surface area contributed by atoms with Crippen LogP contribution in [-0.2, 0) is 9.84 Å². The third kappa shape index (κ3) is 3.34. The van der Waals surface area contributed by atoms with E-state index in [1.807, 2.05) is 13.8 Å². The highest BCUT2D eigenvalue weighted by atomic mass is 32.2. The zero-order valence-electron chi connectivity index (χ0n) is 9.63. The van der Waals surface area contributed by atoms with Crippen molar-refractivity contribution in [1.29, 1.82) is 0 Å². The van der Waals surface area contributed by atoms with Crippen LogP contribution in [0, 0.1) is 5.92 Å². The maximum absolute atomic E-state index is 11.4. The minimum Gasteiger partial charge on any atom is -0.409 e. The van der Waals surface area contributed by atoms with Crippen LogP contribution in [0.5, 0.6) is 0 Å². The van der Waals surface area contributed by atoms with Gasteiger partial charge in [0.2, 0.25) is 0 Å². The third-order valence-electron chi connectivity index (χ3n) is 2.94. The van der Waals surface area contributed by atoms with Crippen molar-refractivity contribution in [3.63, 3.8) is 0 Å². The fourth-order valence-corrected chi connectivity index (χ4v) is 3.47. The molecule has 0 amide bonds. The summed E-state index contributed by atoms with van der Waals surface area (Å²) in [6.45, 7) is 4.87. The second-order valence-corrected chi connectivity index (χ2v) is 6.61. The Morgan fingerprint density at radius 3 is 2.81 bits per heavy atom. The first kappa shape index (κ1) is 13.2. The van der Waals surface area contributed by atoms with Gasteiger partial charge in [0.25, 0.3) is 0 Å². The molecule has 1 heterocycles. The van der Waals surface area contributed by atoms with Crippen molar-refractivity contribution in [3.05, 3.63) is 0 Å². The second-order valence-electron chi connectivity index (χ2n) is 4.38. The molecule has 1 aliphatic heterocycles. The van der Waals surface area contributed by atoms with E-state index >= 15 is 0 Å². The summed E-state index contributed by atoms with van der Waals surface area (Å²) in [7, 11) is -2.88. The smallest absolute Gasteiger partial charge is 0.153 e. The maximum Gasteiger partial charge on any atom is 0.153 e. The predicted octanol–water partition coefficient (Wildman–Crippen LogP) is -0.512. The molecule has 1 rings (SSSR count). The Labute approximate surface area is 96.0 Å². The Hall–Kier alpha value is -0.820. The molecule has 6 nitrogen and oxygen atoms in total. The van der Waals surface area contributed by atoms with Gasteiger partial charge >= 0.3 is 0 Å². The van der Waals surface area contributed by atoms with E-state index in [1.54, 1.807) is 0 Å². The summed E-state index contributed by atoms with van der Waals surface area (Å²) >= 11 is 0. The molecule has 2 atom stereocenters. The van der Waals surface area contributed by atoms with Gasteiger partial charge in [-0.05, 0) is 6.92 Å². The van der Waals surface area contributed by atoms with Crippen molar-refractivity contribution < 1.29 is 13.6 Å². The Balaban J connectivity index is 2.57. The fourth-order valence-electron chi connectivity index (χ4n) is 1.85. The molecule has 0 radical (unpaired) electrons. The molecule has 7 heteroatoms. The van der Waals surface area contributed by atoms with Gasteiger partial charge in [-0.2, -0.15) is 0 Å². The van der Waals surface area contributed by atoms with Gasteiger partial charge in [0, 0.05) is 25.0 Å². The van der Waals surface area contributed by atoms with Crippen LogP contribution in [-0.4, -0.2) is 55.0 Å². The topological polar surface area (TPSA) is 96.0 Å². The molecule has 1 aliphatic rings. The van der Waals surface area contributed by atoms with Crippen molar-refractivity contribution in [3.8, 4) is 0 Å². The van der Waals surface area contributed by atoms with Crippen LogP contribution in [0.25, 0.3) is 0 Å². The van der Waals surface area contributed by atoms with Crippen LogP contribution >= 0.6 is 0 Å². The summed E-state index contributed by atoms with van der Waals surface area (Å²) in [6.07, 6.45) is 0. The number of nitrogens with two attached hydrogens (primary N) is 1. The first-order valence-electron chi connectivity index (χ1n) is 5.27. The van der Waals surface area contributed by atoms with E-state index in [4.69, 9.17) is 10.9 Å². The van der Waals surface area contributed by atoms with Gasteiger partial charge in [-0.3, -0.25) is 4.90 Å². The van der Waals surface area contributed by atoms with Crippen molar-refractivity contribution in [1.82, 2.24) is 4.90 Å². The van der Waals surface area contributed by atoms with E-state index in [0.29, 0.717) is 13.1 Å². The molecule has 0 spiro atoms. The standard InChI is InChI=1S/C9H19N3O3S/c1-7(9(10)11-13)5-12-3-4-16(14,15)6-8(12)2/h7-8,13H,3-6H2,1-2H3,(H2,10,11). The van der Waals surface area contributed by atoms with Crippen LogP contribution < -0.4 is 5.73 Å². The Kier molecular flexibility index (Phi) is 4.15. The van der Waals surface area contributed by atoms with E-state index in [9.17, 15) is 8.42 Å². The van der Waals surface area contributed by atoms with Crippen LogP contribution in [0.3, 0.4) is 0 Å². The molecular formula is C9H19N3O3S. The average Bonchev–Trinajstić information content (AvgIpc) is 2.20. The third-order valence-corrected chi connectivity index (χ3v) is 4.73. The average molecular weight is 249 g/mol. The summed E-state index contributed by atoms with van der Waals surface area (Å²) in [4.78, 5) is 2.06. The lowest BCUT2D eigenvalue weighted by Gasteiger charge is -2.34. The van der Waals surface area contributed by atoms with Gasteiger partial charge in [0.1, 0.15) is 5.84 Å². The van der Waals surface area contributed by atoms with E-state index < -0.39 is 9.84 Å². The Morgan fingerprint density at radius 1 is 1.69 bits per heavy atom. The fraction of sp³-hybridized carbons (Fsp3) is 0.889. The Morgan fingerprint density at radius 2 is 2.31 bits per heavy atom. The number of amidine groups is 1. The van der Waals surface area contributed by atoms with Crippen molar-refractivity contribution in [2.75, 3.05) is 24.6 Å². The molecule has 0 saturated carbocycles. The zero-order chi connectivity index (χ0) is 12.3. The van der Waals surface area contributed by atoms with Gasteiger partial charge in [-0.25, -0.2) is 8.42 Å². The number of oxime groups is 1. The van der Waals surface area contributed by atoms with E-state index in [2.05, 4.69) is 10.1 Å². The zero-order valence-corrected chi connectivity index (χ0v) is 10.4. The lowest BCUT2D eigenvalue weighted by Crippen LogP contribution is -2.49. The van der Waals surface area contributed by atoms with Gasteiger partial charge in [0.15, 0.2) is 9.84 Å². The summed E-state index contributed by atoms with van der Waals surface area (Å²) < 4.78 is 22.7. The Bertz CT molecular complexity index is 366. The number of nitrogens with zero attached hydrogens (tertiary/aromatic N) is 2. The van der Waals surface area contributed by atoms with Crippen molar-refractivity contribution in [2.24, 2.45) is 16.8 Å². The molecule has 0 aromatic rings. The molecule has 1 saturated heterocycles. The summed E-state index contributed by atoms with van der Waals surface area (Å²) in [5.74, 6) is 0.490. The molecule has 2 unspecified atom stereocenters. The monoisotopic (exact) mass is 249 g/mol. The van der Waals surface area contributed by atoms with E-state index in [1.165, 1.54) is 0 Å². The molecule has 1 fully saturated rings. The highest BCUT2D eigenvalue weighted by molar-refractivity contribution is 7.91. The van der Waals surface area contributed by atoms with Gasteiger partial charge in [-0.1, -0.05) is 12.1 Å². The first-order chi connectivity index (χ1) is 7.35. The highest BCUT2D eigenvalue weighted by Crippen LogP contribution is 2.13. The van der Waals surface area contributed by atoms with Gasteiger partial charge in [0.05, 0.1) is 11.5 Å². The number of hydrogen-bond donors (Lipinski definition) is 2. The molecule has 0 aromatic heterocycles. The van der Waals surface area contributed by atoms with E-state index in [-0.39, 0.29) is 29.3 Å². The summed E-state index contributed by atoms with van der Waals surface area (Å²) in [5, 5.41) is 11.5. The van der Waals surface area contributed by atoms with Crippen LogP contribution in [0.4, 0.5) is 0 Å². The molecule has 16 heavy (non-hydrogen) atoms. The first-order valence-corrected chi connectivity index (χ1v) is 7.09. The summed E-state index contributed by atoms with van der Waals surface area (Å²) in [5.41, 5.74) is 5.49. The minimum atomic E-state index is -2.88. The van der Waals surface area contributed by atoms with Crippen LogP contribution in [0.15, 0.2) is 5.16 Å². The maximum atomic E-state index is 11.4. The molecule has 0 bridgehead atoms. The molecular weight excluding hydrogens is 230 g/mol. The summed E-state index contributed by atoms with van der Waals surface area (Å²) in [6, 6.07) is -0.00677. The quantitative estimate of drug-likeness (QED) is 0.304. The largest absolute Gasteiger partial charge is 0.409 e. The van der Waals surface area contributed by atoms with Crippen molar-refractivity contribution >= 4 is 15.7 Å². The highest BCUT2D eigenvalue weighted by Gasteiger charge is 2.29. The van der Waals surface area contributed by atoms with Gasteiger partial charge in [-0.15, -0.1) is 0 Å². The van der Waals surface area contributed by atoms with E-state index in [0.717, 1.165) is 0 Å². The number of sulfone groups is 1. The molecule has 0 aliphatic carbocycles. The lowest BCUT2D eigenvalue weighted by molar-refractivity contribution is 0.211. The van der Waals surface area contributed by atoms with Crippen molar-refractivity contribution in [2.45, 2.75) is 19.9 Å². The van der Waals surface area contributed by atoms with Gasteiger partial charge < -0.3 is 10.9 Å². The molecule has 3 N–H and O–H groups in total. The van der Waals surface area contributed by atoms with Crippen LogP contribution in [0.1, 0.15) is 13.8 Å². The molecule has 94 valence electrons. The van der Waals surface area contributed by atoms with Crippen LogP contribution in [0.2, 0.25) is 0 Å². The number of rotatable bonds is 3. The predicted molar refractivity (Wildman–Crippen MR) is 62.3 cm³/mol. The number of hydrogen-bond acceptors (Lipinski definition) is 5. The SMILES string of the molecule is CC(CN1CCS(=O)(=O)CC1C)C(N)=NO. The minimum absolute atomic E-state index is 0.00677. The molecule has 0 aromatic carbocycles. The lowest BCUT2D eigenvalue weighted by atomic mass is 10.1.